The van der Waals surface area contributed by atoms with E-state index in [1.807, 2.05) is 6.20 Å². The molecule has 2 aromatic rings. The highest BCUT2D eigenvalue weighted by atomic mass is 32.1. The van der Waals surface area contributed by atoms with Crippen molar-refractivity contribution in [3.63, 3.8) is 0 Å². The van der Waals surface area contributed by atoms with Crippen molar-refractivity contribution in [2.24, 2.45) is 0 Å². The van der Waals surface area contributed by atoms with E-state index in [0.717, 1.165) is 11.2 Å². The first kappa shape index (κ1) is 9.85. The zero-order valence-corrected chi connectivity index (χ0v) is 9.81. The van der Waals surface area contributed by atoms with Gasteiger partial charge in [0.2, 0.25) is 0 Å². The van der Waals surface area contributed by atoms with Crippen LogP contribution < -0.4 is 0 Å². The molecule has 0 unspecified atom stereocenters. The summed E-state index contributed by atoms with van der Waals surface area (Å²) in [7, 11) is 0. The van der Waals surface area contributed by atoms with E-state index in [-0.39, 0.29) is 0 Å². The standard InChI is InChI=1S/C13H14N2S/c16-13-14-8-11(15-13)7-10-6-5-9-3-1-2-4-12(9)10/h1-4,8,10H,5-7H2,(H2,14,15,16)/t10-/m0/s1. The fraction of sp³-hybridized carbons (Fsp3) is 0.308. The van der Waals surface area contributed by atoms with Crippen molar-refractivity contribution in [1.29, 1.82) is 0 Å². The quantitative estimate of drug-likeness (QED) is 0.762. The van der Waals surface area contributed by atoms with E-state index in [0.29, 0.717) is 5.92 Å². The molecule has 1 atom stereocenters. The average Bonchev–Trinajstić information content (AvgIpc) is 2.87. The van der Waals surface area contributed by atoms with Crippen LogP contribution in [0, 0.1) is 4.77 Å². The average molecular weight is 230 g/mol. The van der Waals surface area contributed by atoms with E-state index in [1.54, 1.807) is 0 Å². The van der Waals surface area contributed by atoms with Crippen molar-refractivity contribution in [2.75, 3.05) is 0 Å². The summed E-state index contributed by atoms with van der Waals surface area (Å²) in [5.41, 5.74) is 4.25. The van der Waals surface area contributed by atoms with Crippen molar-refractivity contribution >= 4 is 12.2 Å². The third kappa shape index (κ3) is 1.71. The highest BCUT2D eigenvalue weighted by molar-refractivity contribution is 7.71. The molecule has 2 N–H and O–H groups in total. The van der Waals surface area contributed by atoms with Gasteiger partial charge in [-0.3, -0.25) is 0 Å². The van der Waals surface area contributed by atoms with Gasteiger partial charge in [0.1, 0.15) is 0 Å². The summed E-state index contributed by atoms with van der Waals surface area (Å²) in [5, 5.41) is 0. The van der Waals surface area contributed by atoms with Crippen LogP contribution in [0.3, 0.4) is 0 Å². The summed E-state index contributed by atoms with van der Waals surface area (Å²) in [5.74, 6) is 0.651. The number of nitrogens with one attached hydrogen (secondary N) is 2. The van der Waals surface area contributed by atoms with Crippen molar-refractivity contribution in [3.05, 3.63) is 52.1 Å². The van der Waals surface area contributed by atoms with Gasteiger partial charge >= 0.3 is 0 Å². The van der Waals surface area contributed by atoms with E-state index >= 15 is 0 Å². The molecular weight excluding hydrogens is 216 g/mol. The fourth-order valence-electron chi connectivity index (χ4n) is 2.60. The Kier molecular flexibility index (Phi) is 2.40. The molecule has 1 aliphatic rings. The molecule has 1 heterocycles. The maximum Gasteiger partial charge on any atom is 0.174 e. The Morgan fingerprint density at radius 2 is 2.19 bits per heavy atom. The highest BCUT2D eigenvalue weighted by Gasteiger charge is 2.22. The first-order valence-electron chi connectivity index (χ1n) is 5.67. The molecule has 3 rings (SSSR count). The number of aromatic amines is 2. The largest absolute Gasteiger partial charge is 0.337 e. The normalized spacial score (nSPS) is 18.6. The van der Waals surface area contributed by atoms with Gasteiger partial charge < -0.3 is 9.97 Å². The van der Waals surface area contributed by atoms with E-state index in [1.165, 1.54) is 29.7 Å². The van der Waals surface area contributed by atoms with E-state index in [4.69, 9.17) is 12.2 Å². The Labute approximate surface area is 99.7 Å². The van der Waals surface area contributed by atoms with Crippen LogP contribution in [-0.4, -0.2) is 9.97 Å². The Morgan fingerprint density at radius 3 is 3.00 bits per heavy atom. The van der Waals surface area contributed by atoms with Crippen LogP contribution in [0.2, 0.25) is 0 Å². The minimum Gasteiger partial charge on any atom is -0.337 e. The van der Waals surface area contributed by atoms with Crippen molar-refractivity contribution in [3.8, 4) is 0 Å². The van der Waals surface area contributed by atoms with Crippen molar-refractivity contribution in [2.45, 2.75) is 25.2 Å². The van der Waals surface area contributed by atoms with Crippen LogP contribution in [0.15, 0.2) is 30.5 Å². The lowest BCUT2D eigenvalue weighted by atomic mass is 9.97. The predicted molar refractivity (Wildman–Crippen MR) is 67.2 cm³/mol. The van der Waals surface area contributed by atoms with Gasteiger partial charge in [-0.05, 0) is 48.5 Å². The summed E-state index contributed by atoms with van der Waals surface area (Å²) in [6, 6.07) is 8.77. The number of fused-ring (bicyclic) bond motifs is 1. The molecule has 1 aliphatic carbocycles. The number of hydrogen-bond acceptors (Lipinski definition) is 1. The molecule has 82 valence electrons. The third-order valence-electron chi connectivity index (χ3n) is 3.37. The Morgan fingerprint density at radius 1 is 1.31 bits per heavy atom. The van der Waals surface area contributed by atoms with Crippen LogP contribution in [-0.2, 0) is 12.8 Å². The first-order valence-corrected chi connectivity index (χ1v) is 6.08. The molecule has 0 bridgehead atoms. The zero-order chi connectivity index (χ0) is 11.0. The molecule has 1 aromatic heterocycles. The Balaban J connectivity index is 1.86. The molecule has 3 heteroatoms. The second-order valence-electron chi connectivity index (χ2n) is 4.41. The lowest BCUT2D eigenvalue weighted by Crippen LogP contribution is -1.98. The van der Waals surface area contributed by atoms with Crippen LogP contribution in [0.1, 0.15) is 29.2 Å². The van der Waals surface area contributed by atoms with Gasteiger partial charge in [-0.2, -0.15) is 0 Å². The van der Waals surface area contributed by atoms with Gasteiger partial charge in [0.05, 0.1) is 0 Å². The molecule has 0 spiro atoms. The van der Waals surface area contributed by atoms with Gasteiger partial charge in [0, 0.05) is 11.9 Å². The van der Waals surface area contributed by atoms with E-state index < -0.39 is 0 Å². The third-order valence-corrected chi connectivity index (χ3v) is 3.59. The number of imidazole rings is 1. The lowest BCUT2D eigenvalue weighted by molar-refractivity contribution is 0.665. The second kappa shape index (κ2) is 3.91. The maximum atomic E-state index is 5.04. The van der Waals surface area contributed by atoms with Crippen molar-refractivity contribution < 1.29 is 0 Å². The molecule has 2 nitrogen and oxygen atoms in total. The summed E-state index contributed by atoms with van der Waals surface area (Å²) in [4.78, 5) is 6.22. The van der Waals surface area contributed by atoms with Crippen LogP contribution in [0.4, 0.5) is 0 Å². The predicted octanol–water partition coefficient (Wildman–Crippen LogP) is 3.34. The van der Waals surface area contributed by atoms with Crippen LogP contribution >= 0.6 is 12.2 Å². The molecule has 16 heavy (non-hydrogen) atoms. The monoisotopic (exact) mass is 230 g/mol. The minimum absolute atomic E-state index is 0.651. The number of H-pyrrole nitrogens is 2. The van der Waals surface area contributed by atoms with E-state index in [9.17, 15) is 0 Å². The van der Waals surface area contributed by atoms with E-state index in [2.05, 4.69) is 34.2 Å². The zero-order valence-electron chi connectivity index (χ0n) is 8.99. The van der Waals surface area contributed by atoms with Crippen molar-refractivity contribution in [1.82, 2.24) is 9.97 Å². The summed E-state index contributed by atoms with van der Waals surface area (Å²) < 4.78 is 0.723. The summed E-state index contributed by atoms with van der Waals surface area (Å²) >= 11 is 5.04. The summed E-state index contributed by atoms with van der Waals surface area (Å²) in [6.45, 7) is 0. The topological polar surface area (TPSA) is 31.6 Å². The molecule has 0 radical (unpaired) electrons. The first-order chi connectivity index (χ1) is 7.83. The number of aromatic nitrogens is 2. The minimum atomic E-state index is 0.651. The Hall–Kier alpha value is -1.35. The Bertz CT molecular complexity index is 553. The van der Waals surface area contributed by atoms with Gasteiger partial charge in [-0.25, -0.2) is 0 Å². The van der Waals surface area contributed by atoms with Crippen LogP contribution in [0.5, 0.6) is 0 Å². The van der Waals surface area contributed by atoms with Gasteiger partial charge in [0.25, 0.3) is 0 Å². The number of rotatable bonds is 2. The lowest BCUT2D eigenvalue weighted by Gasteiger charge is -2.09. The van der Waals surface area contributed by atoms with Gasteiger partial charge in [-0.1, -0.05) is 24.3 Å². The smallest absolute Gasteiger partial charge is 0.174 e. The van der Waals surface area contributed by atoms with Gasteiger partial charge in [-0.15, -0.1) is 0 Å². The molecular formula is C13H14N2S. The molecule has 0 saturated heterocycles. The molecule has 0 aliphatic heterocycles. The highest BCUT2D eigenvalue weighted by Crippen LogP contribution is 2.34. The molecule has 1 aromatic carbocycles. The number of aryl methyl sites for hydroxylation is 1. The van der Waals surface area contributed by atoms with Gasteiger partial charge in [0.15, 0.2) is 4.77 Å². The molecule has 0 amide bonds. The maximum absolute atomic E-state index is 5.04. The number of hydrogen-bond donors (Lipinski definition) is 2. The molecule has 0 saturated carbocycles. The second-order valence-corrected chi connectivity index (χ2v) is 4.81. The number of benzene rings is 1. The fourth-order valence-corrected chi connectivity index (χ4v) is 2.79. The molecule has 0 fully saturated rings. The SMILES string of the molecule is S=c1[nH]cc(C[C@@H]2CCc3ccccc32)[nH]1. The summed E-state index contributed by atoms with van der Waals surface area (Å²) in [6.07, 6.45) is 5.52. The van der Waals surface area contributed by atoms with Crippen LogP contribution in [0.25, 0.3) is 0 Å².